The van der Waals surface area contributed by atoms with Gasteiger partial charge in [-0.25, -0.2) is 0 Å². The first-order chi connectivity index (χ1) is 9.74. The van der Waals surface area contributed by atoms with Crippen LogP contribution in [0.4, 0.5) is 0 Å². The molecule has 0 saturated carbocycles. The van der Waals surface area contributed by atoms with Crippen LogP contribution in [0.1, 0.15) is 17.2 Å². The van der Waals surface area contributed by atoms with Crippen molar-refractivity contribution in [3.63, 3.8) is 0 Å². The number of aliphatic carboxylic acids is 1. The zero-order valence-electron chi connectivity index (χ0n) is 10.9. The molecule has 0 fully saturated rings. The van der Waals surface area contributed by atoms with Gasteiger partial charge in [0.25, 0.3) is 0 Å². The second kappa shape index (κ2) is 5.21. The van der Waals surface area contributed by atoms with Gasteiger partial charge < -0.3 is 10.1 Å². The SMILES string of the molecule is O=C(O)C(Cc1ccccc1)c1cc2ccccc2[nH]1. The van der Waals surface area contributed by atoms with Gasteiger partial charge in [0.15, 0.2) is 0 Å². The largest absolute Gasteiger partial charge is 0.481 e. The Morgan fingerprint density at radius 3 is 2.45 bits per heavy atom. The van der Waals surface area contributed by atoms with Gasteiger partial charge >= 0.3 is 5.97 Å². The summed E-state index contributed by atoms with van der Waals surface area (Å²) in [5.74, 6) is -1.36. The van der Waals surface area contributed by atoms with Crippen molar-refractivity contribution in [3.8, 4) is 0 Å². The fraction of sp³-hybridized carbons (Fsp3) is 0.118. The van der Waals surface area contributed by atoms with E-state index in [0.717, 1.165) is 22.2 Å². The molecule has 20 heavy (non-hydrogen) atoms. The molecular weight excluding hydrogens is 250 g/mol. The molecule has 0 bridgehead atoms. The Bertz CT molecular complexity index is 698. The van der Waals surface area contributed by atoms with E-state index in [-0.39, 0.29) is 0 Å². The number of nitrogens with one attached hydrogen (secondary N) is 1. The van der Waals surface area contributed by atoms with E-state index in [0.29, 0.717) is 6.42 Å². The summed E-state index contributed by atoms with van der Waals surface area (Å²) in [6.07, 6.45) is 0.489. The summed E-state index contributed by atoms with van der Waals surface area (Å²) >= 11 is 0. The van der Waals surface area contributed by atoms with E-state index < -0.39 is 11.9 Å². The third-order valence-corrected chi connectivity index (χ3v) is 3.51. The van der Waals surface area contributed by atoms with E-state index in [1.807, 2.05) is 60.7 Å². The van der Waals surface area contributed by atoms with E-state index >= 15 is 0 Å². The van der Waals surface area contributed by atoms with Crippen LogP contribution in [-0.4, -0.2) is 16.1 Å². The number of aromatic amines is 1. The monoisotopic (exact) mass is 265 g/mol. The maximum atomic E-state index is 11.6. The van der Waals surface area contributed by atoms with Gasteiger partial charge in [-0.2, -0.15) is 0 Å². The Balaban J connectivity index is 1.96. The molecule has 0 saturated heterocycles. The number of fused-ring (bicyclic) bond motifs is 1. The van der Waals surface area contributed by atoms with Crippen LogP contribution < -0.4 is 0 Å². The molecule has 3 aromatic rings. The number of hydrogen-bond donors (Lipinski definition) is 2. The summed E-state index contributed by atoms with van der Waals surface area (Å²) in [7, 11) is 0. The van der Waals surface area contributed by atoms with Crippen molar-refractivity contribution in [1.29, 1.82) is 0 Å². The third kappa shape index (κ3) is 2.43. The van der Waals surface area contributed by atoms with Crippen LogP contribution in [0.3, 0.4) is 0 Å². The number of para-hydroxylation sites is 1. The predicted octanol–water partition coefficient (Wildman–Crippen LogP) is 3.58. The van der Waals surface area contributed by atoms with E-state index in [1.165, 1.54) is 0 Å². The lowest BCUT2D eigenvalue weighted by molar-refractivity contribution is -0.138. The maximum absolute atomic E-state index is 11.6. The van der Waals surface area contributed by atoms with Crippen LogP contribution in [0.5, 0.6) is 0 Å². The molecule has 1 aromatic heterocycles. The molecule has 3 rings (SSSR count). The molecule has 0 spiro atoms. The topological polar surface area (TPSA) is 53.1 Å². The number of H-pyrrole nitrogens is 1. The van der Waals surface area contributed by atoms with Crippen molar-refractivity contribution in [2.75, 3.05) is 0 Å². The van der Waals surface area contributed by atoms with E-state index in [2.05, 4.69) is 4.98 Å². The molecule has 1 unspecified atom stereocenters. The molecule has 1 heterocycles. The van der Waals surface area contributed by atoms with Crippen LogP contribution in [-0.2, 0) is 11.2 Å². The van der Waals surface area contributed by atoms with Gasteiger partial charge in [0.1, 0.15) is 5.92 Å². The Hall–Kier alpha value is -2.55. The molecule has 0 radical (unpaired) electrons. The highest BCUT2D eigenvalue weighted by atomic mass is 16.4. The van der Waals surface area contributed by atoms with Gasteiger partial charge in [-0.1, -0.05) is 48.5 Å². The number of aromatic nitrogens is 1. The van der Waals surface area contributed by atoms with Gasteiger partial charge in [0.2, 0.25) is 0 Å². The van der Waals surface area contributed by atoms with Crippen LogP contribution >= 0.6 is 0 Å². The van der Waals surface area contributed by atoms with E-state index in [4.69, 9.17) is 0 Å². The summed E-state index contributed by atoms with van der Waals surface area (Å²) in [6.45, 7) is 0. The first-order valence-corrected chi connectivity index (χ1v) is 6.58. The number of carboxylic acids is 1. The summed E-state index contributed by atoms with van der Waals surface area (Å²) in [5, 5.41) is 10.5. The fourth-order valence-electron chi connectivity index (χ4n) is 2.46. The Labute approximate surface area is 116 Å². The molecule has 0 aliphatic heterocycles. The lowest BCUT2D eigenvalue weighted by atomic mass is 9.96. The highest BCUT2D eigenvalue weighted by molar-refractivity contribution is 5.84. The summed E-state index contributed by atoms with van der Waals surface area (Å²) in [5.41, 5.74) is 2.75. The standard InChI is InChI=1S/C17H15NO2/c19-17(20)14(10-12-6-2-1-3-7-12)16-11-13-8-4-5-9-15(13)18-16/h1-9,11,14,18H,10H2,(H,19,20). The van der Waals surface area contributed by atoms with Gasteiger partial charge in [-0.3, -0.25) is 4.79 Å². The first kappa shape index (κ1) is 12.5. The normalized spacial score (nSPS) is 12.4. The molecule has 1 atom stereocenters. The van der Waals surface area contributed by atoms with Gasteiger partial charge in [-0.05, 0) is 29.5 Å². The summed E-state index contributed by atoms with van der Waals surface area (Å²) in [4.78, 5) is 14.8. The van der Waals surface area contributed by atoms with Crippen LogP contribution in [0.15, 0.2) is 60.7 Å². The number of benzene rings is 2. The zero-order valence-corrected chi connectivity index (χ0v) is 10.9. The molecule has 3 nitrogen and oxygen atoms in total. The lowest BCUT2D eigenvalue weighted by Crippen LogP contribution is -2.14. The maximum Gasteiger partial charge on any atom is 0.312 e. The molecule has 100 valence electrons. The zero-order chi connectivity index (χ0) is 13.9. The lowest BCUT2D eigenvalue weighted by Gasteiger charge is -2.10. The van der Waals surface area contributed by atoms with Crippen molar-refractivity contribution in [2.45, 2.75) is 12.3 Å². The Morgan fingerprint density at radius 1 is 1.05 bits per heavy atom. The molecular formula is C17H15NO2. The van der Waals surface area contributed by atoms with Crippen molar-refractivity contribution < 1.29 is 9.90 Å². The molecule has 0 aliphatic carbocycles. The minimum absolute atomic E-state index is 0.489. The van der Waals surface area contributed by atoms with Crippen LogP contribution in [0, 0.1) is 0 Å². The number of hydrogen-bond acceptors (Lipinski definition) is 1. The summed E-state index contributed by atoms with van der Waals surface area (Å²) < 4.78 is 0. The van der Waals surface area contributed by atoms with Crippen molar-refractivity contribution in [2.24, 2.45) is 0 Å². The number of carbonyl (C=O) groups is 1. The van der Waals surface area contributed by atoms with Gasteiger partial charge in [0, 0.05) is 11.2 Å². The smallest absolute Gasteiger partial charge is 0.312 e. The molecule has 2 aromatic carbocycles. The molecule has 3 heteroatoms. The molecule has 0 aliphatic rings. The average molecular weight is 265 g/mol. The number of rotatable bonds is 4. The molecule has 2 N–H and O–H groups in total. The van der Waals surface area contributed by atoms with Crippen LogP contribution in [0.2, 0.25) is 0 Å². The third-order valence-electron chi connectivity index (χ3n) is 3.51. The predicted molar refractivity (Wildman–Crippen MR) is 78.8 cm³/mol. The van der Waals surface area contributed by atoms with Crippen molar-refractivity contribution in [3.05, 3.63) is 71.9 Å². The van der Waals surface area contributed by atoms with E-state index in [9.17, 15) is 9.90 Å². The van der Waals surface area contributed by atoms with Crippen molar-refractivity contribution in [1.82, 2.24) is 4.98 Å². The Kier molecular flexibility index (Phi) is 3.25. The summed E-state index contributed by atoms with van der Waals surface area (Å²) in [6, 6.07) is 19.5. The van der Waals surface area contributed by atoms with Crippen LogP contribution in [0.25, 0.3) is 10.9 Å². The van der Waals surface area contributed by atoms with Gasteiger partial charge in [0.05, 0.1) is 0 Å². The fourth-order valence-corrected chi connectivity index (χ4v) is 2.46. The Morgan fingerprint density at radius 2 is 1.75 bits per heavy atom. The highest BCUT2D eigenvalue weighted by Gasteiger charge is 2.22. The minimum Gasteiger partial charge on any atom is -0.481 e. The minimum atomic E-state index is -0.805. The second-order valence-corrected chi connectivity index (χ2v) is 4.89. The van der Waals surface area contributed by atoms with E-state index in [1.54, 1.807) is 0 Å². The average Bonchev–Trinajstić information content (AvgIpc) is 2.89. The second-order valence-electron chi connectivity index (χ2n) is 4.89. The van der Waals surface area contributed by atoms with Gasteiger partial charge in [-0.15, -0.1) is 0 Å². The first-order valence-electron chi connectivity index (χ1n) is 6.58. The highest BCUT2D eigenvalue weighted by Crippen LogP contribution is 2.24. The molecule has 0 amide bonds. The number of carboxylic acid groups (broad SMARTS) is 1. The quantitative estimate of drug-likeness (QED) is 0.757. The van der Waals surface area contributed by atoms with Crippen molar-refractivity contribution >= 4 is 16.9 Å².